The fourth-order valence-corrected chi connectivity index (χ4v) is 1.85. The van der Waals surface area contributed by atoms with Gasteiger partial charge in [-0.15, -0.1) is 0 Å². The van der Waals surface area contributed by atoms with Crippen LogP contribution in [0.1, 0.15) is 25.6 Å². The molecule has 17 heavy (non-hydrogen) atoms. The largest absolute Gasteiger partial charge is 0.326 e. The van der Waals surface area contributed by atoms with Gasteiger partial charge in [0.25, 0.3) is 5.56 Å². The number of aryl methyl sites for hydroxylation is 1. The molecule has 2 aromatic heterocycles. The summed E-state index contributed by atoms with van der Waals surface area (Å²) in [6.07, 6.45) is 3.46. The molecule has 0 spiro atoms. The van der Waals surface area contributed by atoms with Crippen molar-refractivity contribution in [1.29, 1.82) is 0 Å². The summed E-state index contributed by atoms with van der Waals surface area (Å²) in [6.45, 7) is 5.95. The lowest BCUT2D eigenvalue weighted by atomic mass is 10.3. The summed E-state index contributed by atoms with van der Waals surface area (Å²) in [4.78, 5) is 23.0. The molecular weight excluding hydrogens is 331 g/mol. The molecule has 2 aromatic rings. The molecule has 0 atom stereocenters. The second-order valence-corrected chi connectivity index (χ2v) is 5.17. The molecule has 0 aliphatic carbocycles. The van der Waals surface area contributed by atoms with Crippen molar-refractivity contribution < 1.29 is 0 Å². The first kappa shape index (κ1) is 12.3. The van der Waals surface area contributed by atoms with Gasteiger partial charge >= 0.3 is 0 Å². The Morgan fingerprint density at radius 1 is 1.47 bits per heavy atom. The maximum atomic E-state index is 11.7. The third-order valence-corrected chi connectivity index (χ3v) is 3.76. The minimum absolute atomic E-state index is 0.107. The molecule has 2 rings (SSSR count). The van der Waals surface area contributed by atoms with E-state index < -0.39 is 0 Å². The van der Waals surface area contributed by atoms with Crippen LogP contribution in [0, 0.1) is 10.5 Å². The Kier molecular flexibility index (Phi) is 3.32. The summed E-state index contributed by atoms with van der Waals surface area (Å²) in [5.41, 5.74) is 1.46. The Balaban J connectivity index is 2.61. The van der Waals surface area contributed by atoms with E-state index in [-0.39, 0.29) is 11.6 Å². The second kappa shape index (κ2) is 4.59. The van der Waals surface area contributed by atoms with Crippen molar-refractivity contribution in [1.82, 2.24) is 19.5 Å². The summed E-state index contributed by atoms with van der Waals surface area (Å²) < 4.78 is 2.60. The molecule has 0 radical (unpaired) electrons. The molecule has 90 valence electrons. The lowest BCUT2D eigenvalue weighted by molar-refractivity contribution is 0.603. The van der Waals surface area contributed by atoms with Gasteiger partial charge < -0.3 is 9.55 Å². The fraction of sp³-hybridized carbons (Fsp3) is 0.364. The molecule has 5 nitrogen and oxygen atoms in total. The highest BCUT2D eigenvalue weighted by Crippen LogP contribution is 2.18. The quantitative estimate of drug-likeness (QED) is 0.849. The highest BCUT2D eigenvalue weighted by atomic mass is 127. The molecule has 6 heteroatoms. The minimum Gasteiger partial charge on any atom is -0.326 e. The van der Waals surface area contributed by atoms with Crippen molar-refractivity contribution in [3.8, 4) is 11.5 Å². The third-order valence-electron chi connectivity index (χ3n) is 2.49. The lowest BCUT2D eigenvalue weighted by Crippen LogP contribution is -2.16. The fourth-order valence-electron chi connectivity index (χ4n) is 1.59. The van der Waals surface area contributed by atoms with E-state index in [4.69, 9.17) is 0 Å². The zero-order chi connectivity index (χ0) is 12.6. The van der Waals surface area contributed by atoms with Crippen molar-refractivity contribution >= 4 is 22.6 Å². The van der Waals surface area contributed by atoms with E-state index in [0.717, 1.165) is 11.4 Å². The van der Waals surface area contributed by atoms with E-state index in [0.29, 0.717) is 9.39 Å². The normalized spacial score (nSPS) is 11.1. The number of nitrogens with zero attached hydrogens (tertiary/aromatic N) is 3. The highest BCUT2D eigenvalue weighted by Gasteiger charge is 2.12. The van der Waals surface area contributed by atoms with Crippen LogP contribution in [0.4, 0.5) is 0 Å². The topological polar surface area (TPSA) is 63.6 Å². The molecule has 2 heterocycles. The molecule has 0 bridgehead atoms. The van der Waals surface area contributed by atoms with E-state index in [1.54, 1.807) is 12.5 Å². The van der Waals surface area contributed by atoms with Gasteiger partial charge in [-0.1, -0.05) is 0 Å². The van der Waals surface area contributed by atoms with Crippen LogP contribution < -0.4 is 5.56 Å². The van der Waals surface area contributed by atoms with E-state index in [2.05, 4.69) is 28.8 Å². The number of H-pyrrole nitrogens is 1. The Bertz CT molecular complexity index is 600. The maximum absolute atomic E-state index is 11.7. The molecule has 0 unspecified atom stereocenters. The van der Waals surface area contributed by atoms with Crippen LogP contribution in [-0.4, -0.2) is 19.5 Å². The van der Waals surface area contributed by atoms with Gasteiger partial charge in [0, 0.05) is 6.04 Å². The number of imidazole rings is 1. The Morgan fingerprint density at radius 2 is 2.18 bits per heavy atom. The molecule has 0 saturated heterocycles. The van der Waals surface area contributed by atoms with Gasteiger partial charge in [0.1, 0.15) is 5.69 Å². The number of aromatic amines is 1. The number of aromatic nitrogens is 4. The summed E-state index contributed by atoms with van der Waals surface area (Å²) in [5, 5.41) is 0. The molecule has 1 N–H and O–H groups in total. The van der Waals surface area contributed by atoms with E-state index in [9.17, 15) is 4.79 Å². The van der Waals surface area contributed by atoms with Crippen LogP contribution in [0.25, 0.3) is 11.5 Å². The van der Waals surface area contributed by atoms with E-state index >= 15 is 0 Å². The molecule has 0 aliphatic heterocycles. The molecule has 0 amide bonds. The van der Waals surface area contributed by atoms with Crippen molar-refractivity contribution in [2.75, 3.05) is 0 Å². The first-order valence-electron chi connectivity index (χ1n) is 5.29. The van der Waals surface area contributed by atoms with Crippen LogP contribution >= 0.6 is 22.6 Å². The van der Waals surface area contributed by atoms with Crippen LogP contribution in [-0.2, 0) is 0 Å². The maximum Gasteiger partial charge on any atom is 0.264 e. The van der Waals surface area contributed by atoms with Crippen LogP contribution in [0.5, 0.6) is 0 Å². The zero-order valence-electron chi connectivity index (χ0n) is 9.86. The van der Waals surface area contributed by atoms with Gasteiger partial charge in [-0.3, -0.25) is 4.79 Å². The number of hydrogen-bond donors (Lipinski definition) is 1. The van der Waals surface area contributed by atoms with Gasteiger partial charge in [0.15, 0.2) is 5.82 Å². The minimum atomic E-state index is -0.107. The van der Waals surface area contributed by atoms with Crippen LogP contribution in [0.3, 0.4) is 0 Å². The third kappa shape index (κ3) is 2.26. The zero-order valence-corrected chi connectivity index (χ0v) is 12.0. The molecule has 0 saturated carbocycles. The van der Waals surface area contributed by atoms with E-state index in [1.807, 2.05) is 34.1 Å². The van der Waals surface area contributed by atoms with Crippen LogP contribution in [0.2, 0.25) is 0 Å². The lowest BCUT2D eigenvalue weighted by Gasteiger charge is -2.11. The predicted molar refractivity (Wildman–Crippen MR) is 73.9 cm³/mol. The van der Waals surface area contributed by atoms with E-state index in [1.165, 1.54) is 0 Å². The predicted octanol–water partition coefficient (Wildman–Crippen LogP) is 2.13. The first-order valence-corrected chi connectivity index (χ1v) is 6.37. The molecular formula is C11H13IN4O. The van der Waals surface area contributed by atoms with Gasteiger partial charge in [0.05, 0.1) is 21.8 Å². The number of rotatable bonds is 2. The SMILES string of the molecule is Cc1nc(-c2cncn2C(C)C)[nH]c(=O)c1I. The summed E-state index contributed by atoms with van der Waals surface area (Å²) in [6, 6.07) is 0.275. The number of halogens is 1. The Labute approximate surface area is 112 Å². The van der Waals surface area contributed by atoms with Crippen LogP contribution in [0.15, 0.2) is 17.3 Å². The average Bonchev–Trinajstić information content (AvgIpc) is 2.74. The second-order valence-electron chi connectivity index (χ2n) is 4.09. The molecule has 0 aliphatic rings. The smallest absolute Gasteiger partial charge is 0.264 e. The van der Waals surface area contributed by atoms with Crippen molar-refractivity contribution in [3.63, 3.8) is 0 Å². The van der Waals surface area contributed by atoms with Crippen molar-refractivity contribution in [2.24, 2.45) is 0 Å². The molecule has 0 aromatic carbocycles. The summed E-state index contributed by atoms with van der Waals surface area (Å²) in [7, 11) is 0. The monoisotopic (exact) mass is 344 g/mol. The van der Waals surface area contributed by atoms with Crippen molar-refractivity contribution in [2.45, 2.75) is 26.8 Å². The standard InChI is InChI=1S/C11H13IN4O/c1-6(2)16-5-13-4-8(16)10-14-7(3)9(12)11(17)15-10/h4-6H,1-3H3,(H,14,15,17). The van der Waals surface area contributed by atoms with Gasteiger partial charge in [-0.25, -0.2) is 9.97 Å². The highest BCUT2D eigenvalue weighted by molar-refractivity contribution is 14.1. The number of hydrogen-bond acceptors (Lipinski definition) is 3. The van der Waals surface area contributed by atoms with Gasteiger partial charge in [-0.05, 0) is 43.4 Å². The Hall–Kier alpha value is -1.18. The van der Waals surface area contributed by atoms with Crippen molar-refractivity contribution in [3.05, 3.63) is 32.1 Å². The number of nitrogens with one attached hydrogen (secondary N) is 1. The summed E-state index contributed by atoms with van der Waals surface area (Å²) >= 11 is 2.00. The van der Waals surface area contributed by atoms with Gasteiger partial charge in [0.2, 0.25) is 0 Å². The summed E-state index contributed by atoms with van der Waals surface area (Å²) in [5.74, 6) is 0.569. The Morgan fingerprint density at radius 3 is 2.76 bits per heavy atom. The average molecular weight is 344 g/mol. The first-order chi connectivity index (χ1) is 8.00. The molecule has 0 fully saturated rings. The van der Waals surface area contributed by atoms with Gasteiger partial charge in [-0.2, -0.15) is 0 Å².